The van der Waals surface area contributed by atoms with Crippen molar-refractivity contribution < 1.29 is 4.79 Å². The maximum absolute atomic E-state index is 12.4. The van der Waals surface area contributed by atoms with Crippen LogP contribution in [-0.2, 0) is 11.2 Å². The van der Waals surface area contributed by atoms with Gasteiger partial charge in [-0.15, -0.1) is 0 Å². The van der Waals surface area contributed by atoms with E-state index in [-0.39, 0.29) is 18.0 Å². The molecule has 1 amide bonds. The van der Waals surface area contributed by atoms with E-state index in [1.54, 1.807) is 0 Å². The molecule has 0 saturated carbocycles. The Balaban J connectivity index is 2.11. The van der Waals surface area contributed by atoms with Gasteiger partial charge in [0, 0.05) is 24.2 Å². The van der Waals surface area contributed by atoms with Crippen LogP contribution in [0.1, 0.15) is 32.8 Å². The summed E-state index contributed by atoms with van der Waals surface area (Å²) in [6.07, 6.45) is 1.53. The van der Waals surface area contributed by atoms with E-state index in [1.165, 1.54) is 5.56 Å². The number of nitrogens with one attached hydrogen (secondary N) is 1. The molecule has 0 aromatic heterocycles. The summed E-state index contributed by atoms with van der Waals surface area (Å²) >= 11 is 0. The zero-order chi connectivity index (χ0) is 13.1. The second-order valence-corrected chi connectivity index (χ2v) is 5.11. The first-order chi connectivity index (χ1) is 8.63. The van der Waals surface area contributed by atoms with E-state index in [1.807, 2.05) is 17.0 Å². The lowest BCUT2D eigenvalue weighted by Gasteiger charge is -2.24. The van der Waals surface area contributed by atoms with Crippen LogP contribution in [0.5, 0.6) is 0 Å². The van der Waals surface area contributed by atoms with Gasteiger partial charge in [-0.05, 0) is 38.4 Å². The summed E-state index contributed by atoms with van der Waals surface area (Å²) in [6.45, 7) is 7.15. The quantitative estimate of drug-likeness (QED) is 0.884. The van der Waals surface area contributed by atoms with Crippen LogP contribution in [0.2, 0.25) is 0 Å². The van der Waals surface area contributed by atoms with Crippen molar-refractivity contribution in [2.24, 2.45) is 0 Å². The smallest absolute Gasteiger partial charge is 0.228 e. The standard InChI is InChI=1S/C15H22N2O/c1-4-16-11(2)9-15(18)17-12(3)10-13-7-5-6-8-14(13)17/h5-8,11-12,16H,4,9-10H2,1-3H3. The highest BCUT2D eigenvalue weighted by Gasteiger charge is 2.30. The number of anilines is 1. The summed E-state index contributed by atoms with van der Waals surface area (Å²) in [6, 6.07) is 8.74. The molecule has 1 aliphatic heterocycles. The van der Waals surface area contributed by atoms with Crippen LogP contribution in [0.15, 0.2) is 24.3 Å². The monoisotopic (exact) mass is 246 g/mol. The number of carbonyl (C=O) groups excluding carboxylic acids is 1. The van der Waals surface area contributed by atoms with E-state index in [0.717, 1.165) is 18.7 Å². The van der Waals surface area contributed by atoms with E-state index in [2.05, 4.69) is 38.2 Å². The third kappa shape index (κ3) is 2.56. The molecule has 3 nitrogen and oxygen atoms in total. The van der Waals surface area contributed by atoms with Gasteiger partial charge < -0.3 is 10.2 Å². The van der Waals surface area contributed by atoms with E-state index < -0.39 is 0 Å². The van der Waals surface area contributed by atoms with Crippen molar-refractivity contribution in [2.45, 2.75) is 45.7 Å². The second-order valence-electron chi connectivity index (χ2n) is 5.11. The molecular formula is C15H22N2O. The maximum atomic E-state index is 12.4. The van der Waals surface area contributed by atoms with Crippen molar-refractivity contribution in [3.8, 4) is 0 Å². The van der Waals surface area contributed by atoms with Crippen molar-refractivity contribution in [3.05, 3.63) is 29.8 Å². The summed E-state index contributed by atoms with van der Waals surface area (Å²) in [5, 5.41) is 3.29. The molecule has 98 valence electrons. The Kier molecular flexibility index (Phi) is 4.02. The van der Waals surface area contributed by atoms with E-state index in [9.17, 15) is 4.79 Å². The molecule has 3 heteroatoms. The number of hydrogen-bond acceptors (Lipinski definition) is 2. The Morgan fingerprint density at radius 3 is 2.94 bits per heavy atom. The van der Waals surface area contributed by atoms with E-state index >= 15 is 0 Å². The number of hydrogen-bond donors (Lipinski definition) is 1. The molecule has 2 rings (SSSR count). The minimum atomic E-state index is 0.223. The fourth-order valence-corrected chi connectivity index (χ4v) is 2.73. The molecule has 2 atom stereocenters. The molecule has 0 radical (unpaired) electrons. The Morgan fingerprint density at radius 2 is 2.22 bits per heavy atom. The first-order valence-corrected chi connectivity index (χ1v) is 6.76. The highest BCUT2D eigenvalue weighted by Crippen LogP contribution is 2.32. The highest BCUT2D eigenvalue weighted by molar-refractivity contribution is 5.96. The number of amides is 1. The van der Waals surface area contributed by atoms with Gasteiger partial charge in [0.05, 0.1) is 0 Å². The van der Waals surface area contributed by atoms with Crippen molar-refractivity contribution in [1.29, 1.82) is 0 Å². The van der Waals surface area contributed by atoms with E-state index in [0.29, 0.717) is 6.42 Å². The van der Waals surface area contributed by atoms with Crippen molar-refractivity contribution >= 4 is 11.6 Å². The van der Waals surface area contributed by atoms with Gasteiger partial charge >= 0.3 is 0 Å². The van der Waals surface area contributed by atoms with Crippen LogP contribution in [0.4, 0.5) is 5.69 Å². The van der Waals surface area contributed by atoms with Crippen molar-refractivity contribution in [3.63, 3.8) is 0 Å². The zero-order valence-corrected chi connectivity index (χ0v) is 11.4. The third-order valence-corrected chi connectivity index (χ3v) is 3.51. The number of fused-ring (bicyclic) bond motifs is 1. The van der Waals surface area contributed by atoms with Crippen LogP contribution in [-0.4, -0.2) is 24.5 Å². The minimum Gasteiger partial charge on any atom is -0.314 e. The Labute approximate surface area is 109 Å². The average Bonchev–Trinajstić information content (AvgIpc) is 2.64. The molecule has 1 N–H and O–H groups in total. The summed E-state index contributed by atoms with van der Waals surface area (Å²) in [7, 11) is 0. The topological polar surface area (TPSA) is 32.3 Å². The second kappa shape index (κ2) is 5.53. The van der Waals surface area contributed by atoms with Crippen LogP contribution >= 0.6 is 0 Å². The van der Waals surface area contributed by atoms with Gasteiger partial charge in [-0.1, -0.05) is 25.1 Å². The lowest BCUT2D eigenvalue weighted by molar-refractivity contribution is -0.119. The van der Waals surface area contributed by atoms with E-state index in [4.69, 9.17) is 0 Å². The van der Waals surface area contributed by atoms with Crippen LogP contribution in [0.3, 0.4) is 0 Å². The summed E-state index contributed by atoms with van der Waals surface area (Å²) in [4.78, 5) is 14.4. The molecule has 0 aliphatic carbocycles. The molecule has 0 spiro atoms. The lowest BCUT2D eigenvalue weighted by atomic mass is 10.1. The molecule has 2 unspecified atom stereocenters. The highest BCUT2D eigenvalue weighted by atomic mass is 16.2. The molecule has 0 fully saturated rings. The fourth-order valence-electron chi connectivity index (χ4n) is 2.73. The Hall–Kier alpha value is -1.35. The predicted molar refractivity (Wildman–Crippen MR) is 74.8 cm³/mol. The van der Waals surface area contributed by atoms with Gasteiger partial charge in [0.1, 0.15) is 0 Å². The van der Waals surface area contributed by atoms with Crippen LogP contribution in [0.25, 0.3) is 0 Å². The first-order valence-electron chi connectivity index (χ1n) is 6.76. The molecule has 1 aliphatic rings. The van der Waals surface area contributed by atoms with Crippen LogP contribution in [0, 0.1) is 0 Å². The van der Waals surface area contributed by atoms with Crippen molar-refractivity contribution in [2.75, 3.05) is 11.4 Å². The molecule has 0 bridgehead atoms. The predicted octanol–water partition coefficient (Wildman–Crippen LogP) is 2.35. The largest absolute Gasteiger partial charge is 0.314 e. The summed E-state index contributed by atoms with van der Waals surface area (Å²) < 4.78 is 0. The number of para-hydroxylation sites is 1. The molecule has 1 heterocycles. The number of carbonyl (C=O) groups is 1. The minimum absolute atomic E-state index is 0.223. The third-order valence-electron chi connectivity index (χ3n) is 3.51. The fraction of sp³-hybridized carbons (Fsp3) is 0.533. The zero-order valence-electron chi connectivity index (χ0n) is 11.4. The molecular weight excluding hydrogens is 224 g/mol. The molecule has 1 aromatic rings. The summed E-state index contributed by atoms with van der Waals surface area (Å²) in [5.74, 6) is 0.223. The van der Waals surface area contributed by atoms with Gasteiger partial charge in [0.15, 0.2) is 0 Å². The maximum Gasteiger partial charge on any atom is 0.228 e. The van der Waals surface area contributed by atoms with Crippen molar-refractivity contribution in [1.82, 2.24) is 5.32 Å². The van der Waals surface area contributed by atoms with Crippen LogP contribution < -0.4 is 10.2 Å². The SMILES string of the molecule is CCNC(C)CC(=O)N1c2ccccc2CC1C. The van der Waals surface area contributed by atoms with Gasteiger partial charge in [-0.2, -0.15) is 0 Å². The number of benzene rings is 1. The van der Waals surface area contributed by atoms with Gasteiger partial charge in [-0.3, -0.25) is 4.79 Å². The first kappa shape index (κ1) is 13.1. The number of rotatable bonds is 4. The Morgan fingerprint density at radius 1 is 1.50 bits per heavy atom. The van der Waals surface area contributed by atoms with Gasteiger partial charge in [0.25, 0.3) is 0 Å². The number of nitrogens with zero attached hydrogens (tertiary/aromatic N) is 1. The lowest BCUT2D eigenvalue weighted by Crippen LogP contribution is -2.40. The van der Waals surface area contributed by atoms with Gasteiger partial charge in [0.2, 0.25) is 5.91 Å². The Bertz CT molecular complexity index is 430. The molecule has 0 saturated heterocycles. The molecule has 1 aromatic carbocycles. The summed E-state index contributed by atoms with van der Waals surface area (Å²) in [5.41, 5.74) is 2.38. The average molecular weight is 246 g/mol. The molecule has 18 heavy (non-hydrogen) atoms. The van der Waals surface area contributed by atoms with Gasteiger partial charge in [-0.25, -0.2) is 0 Å². The normalized spacial score (nSPS) is 19.7.